The molecular weight excluding hydrogens is 458 g/mol. The number of benzene rings is 1. The highest BCUT2D eigenvalue weighted by molar-refractivity contribution is 6.06. The van der Waals surface area contributed by atoms with E-state index in [1.54, 1.807) is 12.3 Å². The fraction of sp³-hybridized carbons (Fsp3) is 0.290. The van der Waals surface area contributed by atoms with E-state index in [4.69, 9.17) is 0 Å². The molecule has 1 aromatic carbocycles. The van der Waals surface area contributed by atoms with Crippen LogP contribution in [0.25, 0.3) is 16.6 Å². The minimum Gasteiger partial charge on any atom is -0.352 e. The predicted octanol–water partition coefficient (Wildman–Crippen LogP) is 8.04. The molecule has 0 saturated carbocycles. The molecule has 0 unspecified atom stereocenters. The summed E-state index contributed by atoms with van der Waals surface area (Å²) in [5.74, 6) is 0.486. The fourth-order valence-corrected chi connectivity index (χ4v) is 4.40. The molecule has 190 valence electrons. The fourth-order valence-electron chi connectivity index (χ4n) is 4.40. The Labute approximate surface area is 219 Å². The maximum absolute atomic E-state index is 12.8. The molecule has 6 heteroatoms. The van der Waals surface area contributed by atoms with E-state index in [-0.39, 0.29) is 5.78 Å². The van der Waals surface area contributed by atoms with Crippen LogP contribution >= 0.6 is 0 Å². The van der Waals surface area contributed by atoms with Gasteiger partial charge in [-0.25, -0.2) is 9.97 Å². The summed E-state index contributed by atoms with van der Waals surface area (Å²) in [6.45, 7) is 8.39. The van der Waals surface area contributed by atoms with Crippen molar-refractivity contribution in [3.8, 4) is 0 Å². The van der Waals surface area contributed by atoms with Gasteiger partial charge >= 0.3 is 0 Å². The Hall–Kier alpha value is -4.06. The first-order valence-electron chi connectivity index (χ1n) is 13.0. The number of aromatic nitrogens is 3. The number of aromatic amines is 1. The molecule has 1 aliphatic heterocycles. The monoisotopic (exact) mass is 493 g/mol. The maximum atomic E-state index is 12.8. The van der Waals surface area contributed by atoms with Gasteiger partial charge in [0.15, 0.2) is 0 Å². The number of hydrogen-bond acceptors (Lipinski definition) is 5. The summed E-state index contributed by atoms with van der Waals surface area (Å²) >= 11 is 0. The lowest BCUT2D eigenvalue weighted by Gasteiger charge is -2.08. The molecule has 0 aliphatic carbocycles. The van der Waals surface area contributed by atoms with E-state index in [1.165, 1.54) is 11.1 Å². The van der Waals surface area contributed by atoms with Gasteiger partial charge in [0.25, 0.3) is 0 Å². The van der Waals surface area contributed by atoms with Crippen LogP contribution in [0.3, 0.4) is 0 Å². The van der Waals surface area contributed by atoms with Crippen LogP contribution in [0.4, 0.5) is 11.6 Å². The number of rotatable bonds is 10. The Kier molecular flexibility index (Phi) is 8.62. The molecule has 0 saturated heterocycles. The van der Waals surface area contributed by atoms with Gasteiger partial charge in [0.05, 0.1) is 17.1 Å². The summed E-state index contributed by atoms with van der Waals surface area (Å²) < 4.78 is 0. The van der Waals surface area contributed by atoms with Crippen molar-refractivity contribution in [1.29, 1.82) is 0 Å². The van der Waals surface area contributed by atoms with Gasteiger partial charge in [0.1, 0.15) is 0 Å². The van der Waals surface area contributed by atoms with Crippen LogP contribution in [0.5, 0.6) is 0 Å². The van der Waals surface area contributed by atoms with Gasteiger partial charge in [0.2, 0.25) is 11.7 Å². The number of anilines is 2. The minimum atomic E-state index is -0.0133. The van der Waals surface area contributed by atoms with Crippen LogP contribution < -0.4 is 5.32 Å². The molecule has 0 atom stereocenters. The van der Waals surface area contributed by atoms with Crippen LogP contribution in [0, 0.1) is 6.92 Å². The van der Waals surface area contributed by atoms with Crippen LogP contribution in [-0.4, -0.2) is 26.9 Å². The smallest absolute Gasteiger partial charge is 0.227 e. The van der Waals surface area contributed by atoms with Crippen LogP contribution in [0.1, 0.15) is 74.6 Å². The summed E-state index contributed by atoms with van der Waals surface area (Å²) in [4.78, 5) is 29.7. The Morgan fingerprint density at radius 3 is 2.86 bits per heavy atom. The molecule has 0 spiro atoms. The summed E-state index contributed by atoms with van der Waals surface area (Å²) in [5, 5.41) is 4.28. The van der Waals surface area contributed by atoms with Crippen molar-refractivity contribution in [1.82, 2.24) is 15.0 Å². The molecule has 0 radical (unpaired) electrons. The van der Waals surface area contributed by atoms with Crippen molar-refractivity contribution in [2.75, 3.05) is 5.32 Å². The topological polar surface area (TPSA) is 83.0 Å². The SMILES string of the molecule is C/C=C(\CCC)CC/C=C/C(=O)c1cc2cc(Nc3nccc(C4=CCC(C)=CC=N4)n3)cc(C)c2[nH]1. The number of H-pyrrole nitrogens is 1. The van der Waals surface area contributed by atoms with Gasteiger partial charge in [0, 0.05) is 29.0 Å². The highest BCUT2D eigenvalue weighted by Crippen LogP contribution is 2.27. The largest absolute Gasteiger partial charge is 0.352 e. The summed E-state index contributed by atoms with van der Waals surface area (Å²) in [6, 6.07) is 7.81. The Balaban J connectivity index is 1.47. The van der Waals surface area contributed by atoms with Crippen molar-refractivity contribution in [3.63, 3.8) is 0 Å². The lowest BCUT2D eigenvalue weighted by Crippen LogP contribution is -1.99. The molecule has 2 N–H and O–H groups in total. The van der Waals surface area contributed by atoms with Crippen molar-refractivity contribution < 1.29 is 4.79 Å². The second-order valence-electron chi connectivity index (χ2n) is 9.42. The maximum Gasteiger partial charge on any atom is 0.227 e. The standard InChI is InChI=1S/C31H35N5O/c1-5-9-23(6-2)10-7-8-11-29(37)28-20-24-19-25(18-22(4)30(24)35-28)34-31-33-17-15-27(36-31)26-13-12-21(3)14-16-32-26/h6,8,11,13-20,35H,5,7,9-10,12H2,1-4H3,(H,33,34,36)/b11-8+,23-6+. The van der Waals surface area contributed by atoms with E-state index in [1.807, 2.05) is 49.6 Å². The van der Waals surface area contributed by atoms with E-state index in [9.17, 15) is 4.79 Å². The normalized spacial score (nSPS) is 14.1. The number of carbonyl (C=O) groups is 1. The van der Waals surface area contributed by atoms with Crippen LogP contribution in [0.15, 0.2) is 77.0 Å². The second kappa shape index (κ2) is 12.3. The molecule has 3 aromatic rings. The highest BCUT2D eigenvalue weighted by Gasteiger charge is 2.11. The number of nitrogens with one attached hydrogen (secondary N) is 2. The first-order chi connectivity index (χ1) is 18.0. The molecule has 4 rings (SSSR count). The van der Waals surface area contributed by atoms with E-state index in [2.05, 4.69) is 58.2 Å². The van der Waals surface area contributed by atoms with Crippen LogP contribution in [-0.2, 0) is 0 Å². The molecule has 0 fully saturated rings. The summed E-state index contributed by atoms with van der Waals surface area (Å²) in [5.41, 5.74) is 7.75. The average molecular weight is 494 g/mol. The molecule has 3 heterocycles. The van der Waals surface area contributed by atoms with Crippen molar-refractivity contribution in [2.24, 2.45) is 4.99 Å². The number of nitrogens with zero attached hydrogens (tertiary/aromatic N) is 3. The molecule has 1 aliphatic rings. The molecule has 37 heavy (non-hydrogen) atoms. The lowest BCUT2D eigenvalue weighted by atomic mass is 10.0. The number of hydrogen-bond donors (Lipinski definition) is 2. The van der Waals surface area contributed by atoms with Gasteiger partial charge in [-0.2, -0.15) is 0 Å². The molecule has 6 nitrogen and oxygen atoms in total. The zero-order chi connectivity index (χ0) is 26.2. The number of aliphatic imine (C=N–C) groups is 1. The zero-order valence-corrected chi connectivity index (χ0v) is 22.1. The number of ketones is 1. The summed E-state index contributed by atoms with van der Waals surface area (Å²) in [7, 11) is 0. The van der Waals surface area contributed by atoms with E-state index >= 15 is 0 Å². The van der Waals surface area contributed by atoms with Crippen molar-refractivity contribution in [3.05, 3.63) is 88.9 Å². The van der Waals surface area contributed by atoms with Gasteiger partial charge in [-0.05, 0) is 88.4 Å². The van der Waals surface area contributed by atoms with Gasteiger partial charge in [-0.15, -0.1) is 0 Å². The Bertz CT molecular complexity index is 1440. The number of carbonyl (C=O) groups excluding carboxylic acids is 1. The van der Waals surface area contributed by atoms with Gasteiger partial charge in [-0.3, -0.25) is 9.79 Å². The minimum absolute atomic E-state index is 0.0133. The third kappa shape index (κ3) is 6.79. The Morgan fingerprint density at radius 1 is 1.19 bits per heavy atom. The highest BCUT2D eigenvalue weighted by atomic mass is 16.1. The van der Waals surface area contributed by atoms with Gasteiger partial charge in [-0.1, -0.05) is 42.7 Å². The number of allylic oxidation sites excluding steroid dienone is 7. The Morgan fingerprint density at radius 2 is 2.05 bits per heavy atom. The molecular formula is C31H35N5O. The molecule has 0 bridgehead atoms. The second-order valence-corrected chi connectivity index (χ2v) is 9.42. The molecule has 0 amide bonds. The third-order valence-corrected chi connectivity index (χ3v) is 6.44. The van der Waals surface area contributed by atoms with E-state index in [0.29, 0.717) is 11.6 Å². The van der Waals surface area contributed by atoms with Crippen molar-refractivity contribution >= 4 is 40.2 Å². The van der Waals surface area contributed by atoms with Crippen LogP contribution in [0.2, 0.25) is 0 Å². The number of fused-ring (bicyclic) bond motifs is 1. The average Bonchev–Trinajstić information content (AvgIpc) is 3.21. The van der Waals surface area contributed by atoms with Gasteiger partial charge < -0.3 is 10.3 Å². The van der Waals surface area contributed by atoms with E-state index in [0.717, 1.165) is 65.6 Å². The predicted molar refractivity (Wildman–Crippen MR) is 155 cm³/mol. The summed E-state index contributed by atoms with van der Waals surface area (Å²) in [6.07, 6.45) is 18.5. The quantitative estimate of drug-likeness (QED) is 0.170. The molecule has 2 aromatic heterocycles. The lowest BCUT2D eigenvalue weighted by molar-refractivity contribution is 0.104. The zero-order valence-electron chi connectivity index (χ0n) is 22.1. The van der Waals surface area contributed by atoms with Crippen molar-refractivity contribution in [2.45, 2.75) is 59.8 Å². The first-order valence-corrected chi connectivity index (χ1v) is 13.0. The van der Waals surface area contributed by atoms with E-state index < -0.39 is 0 Å². The first kappa shape index (κ1) is 26.0. The number of aryl methyl sites for hydroxylation is 1. The third-order valence-electron chi connectivity index (χ3n) is 6.44.